The number of aliphatic imine (C=N–C) groups is 1. The number of ether oxygens (including phenoxy) is 1. The summed E-state index contributed by atoms with van der Waals surface area (Å²) in [6, 6.07) is -0.138. The van der Waals surface area contributed by atoms with Gasteiger partial charge in [0.2, 0.25) is 5.79 Å². The van der Waals surface area contributed by atoms with Crippen LogP contribution in [0.3, 0.4) is 0 Å². The van der Waals surface area contributed by atoms with Gasteiger partial charge in [-0.1, -0.05) is 45.0 Å². The molecule has 0 aromatic heterocycles. The molecule has 4 nitrogen and oxygen atoms in total. The number of hydrogen-bond acceptors (Lipinski definition) is 3. The van der Waals surface area contributed by atoms with E-state index in [-0.39, 0.29) is 23.4 Å². The molecular weight excluding hydrogens is 264 g/mol. The zero-order valence-electron chi connectivity index (χ0n) is 14.2. The molecule has 4 heteroatoms. The van der Waals surface area contributed by atoms with Gasteiger partial charge in [0.15, 0.2) is 6.04 Å². The fraction of sp³-hybridized carbons (Fsp3) is 0.647. The van der Waals surface area contributed by atoms with E-state index in [2.05, 4.69) is 33.7 Å². The molecule has 0 amide bonds. The van der Waals surface area contributed by atoms with Crippen LogP contribution in [0.15, 0.2) is 29.8 Å². The topological polar surface area (TPSA) is 44.8 Å². The maximum atomic E-state index is 10.2. The minimum absolute atomic E-state index is 0.0107. The minimum Gasteiger partial charge on any atom is -0.362 e. The second kappa shape index (κ2) is 5.85. The van der Waals surface area contributed by atoms with E-state index >= 15 is 0 Å². The van der Waals surface area contributed by atoms with Crippen LogP contribution in [0.25, 0.3) is 0 Å². The molecule has 0 aromatic carbocycles. The van der Waals surface area contributed by atoms with Crippen molar-refractivity contribution >= 4 is 12.6 Å². The van der Waals surface area contributed by atoms with Gasteiger partial charge in [-0.15, -0.1) is 0 Å². The van der Waals surface area contributed by atoms with Gasteiger partial charge < -0.3 is 9.84 Å². The average Bonchev–Trinajstić information content (AvgIpc) is 2.99. The van der Waals surface area contributed by atoms with Gasteiger partial charge in [-0.2, -0.15) is 0 Å². The first-order chi connectivity index (χ1) is 9.53. The van der Waals surface area contributed by atoms with Crippen molar-refractivity contribution in [1.29, 1.82) is 0 Å². The molecule has 0 bridgehead atoms. The van der Waals surface area contributed by atoms with Crippen LogP contribution in [0, 0.1) is 11.3 Å². The molecular formula is C17H29N2O2+. The maximum absolute atomic E-state index is 10.2. The highest BCUT2D eigenvalue weighted by molar-refractivity contribution is 5.73. The van der Waals surface area contributed by atoms with Crippen molar-refractivity contribution in [2.75, 3.05) is 7.11 Å². The second-order valence-corrected chi connectivity index (χ2v) is 6.46. The highest BCUT2D eigenvalue weighted by Crippen LogP contribution is 2.46. The number of amidine groups is 1. The number of allylic oxidation sites excluding steroid dienone is 1. The van der Waals surface area contributed by atoms with Crippen LogP contribution in [-0.4, -0.2) is 47.2 Å². The van der Waals surface area contributed by atoms with Gasteiger partial charge in [-0.3, -0.25) is 0 Å². The largest absolute Gasteiger partial charge is 0.362 e. The summed E-state index contributed by atoms with van der Waals surface area (Å²) in [4.78, 5) is 4.72. The third-order valence-electron chi connectivity index (χ3n) is 5.02. The smallest absolute Gasteiger partial charge is 0.289 e. The van der Waals surface area contributed by atoms with E-state index in [9.17, 15) is 5.11 Å². The normalized spacial score (nSPS) is 30.7. The Bertz CT molecular complexity index is 493. The second-order valence-electron chi connectivity index (χ2n) is 6.46. The minimum atomic E-state index is -1.12. The molecule has 1 saturated carbocycles. The predicted octanol–water partition coefficient (Wildman–Crippen LogP) is 2.63. The SMILES string of the molecule is C=CC(=C)C(C)(C)C(C)/N=C(/C)[N+](=C)C1C(C)C1(O)OC. The van der Waals surface area contributed by atoms with Gasteiger partial charge in [-0.25, -0.2) is 4.58 Å². The number of hydrogen-bond donors (Lipinski definition) is 1. The molecule has 1 fully saturated rings. The molecule has 21 heavy (non-hydrogen) atoms. The van der Waals surface area contributed by atoms with Crippen molar-refractivity contribution in [2.45, 2.75) is 52.5 Å². The quantitative estimate of drug-likeness (QED) is 0.269. The molecule has 0 saturated heterocycles. The molecule has 0 spiro atoms. The Kier molecular flexibility index (Phi) is 4.96. The summed E-state index contributed by atoms with van der Waals surface area (Å²) in [6.45, 7) is 21.9. The van der Waals surface area contributed by atoms with Gasteiger partial charge in [0.1, 0.15) is 6.04 Å². The van der Waals surface area contributed by atoms with E-state index in [4.69, 9.17) is 9.73 Å². The molecule has 0 heterocycles. The van der Waals surface area contributed by atoms with E-state index in [0.717, 1.165) is 11.4 Å². The standard InChI is InChI=1S/C17H29N2O2/c1-10-11(2)16(6,7)13(4)18-14(5)19(8)15-12(3)17(15,20)21-9/h10,12-13,15,20H,1-2,8H2,3-7,9H3/q+1/b18-14-. The lowest BCUT2D eigenvalue weighted by molar-refractivity contribution is -0.441. The van der Waals surface area contributed by atoms with Crippen molar-refractivity contribution in [3.63, 3.8) is 0 Å². The lowest BCUT2D eigenvalue weighted by Crippen LogP contribution is -2.32. The van der Waals surface area contributed by atoms with E-state index in [1.54, 1.807) is 10.7 Å². The summed E-state index contributed by atoms with van der Waals surface area (Å²) in [5.74, 6) is -0.337. The molecule has 118 valence electrons. The van der Waals surface area contributed by atoms with Crippen LogP contribution in [-0.2, 0) is 4.74 Å². The zero-order valence-corrected chi connectivity index (χ0v) is 14.2. The Morgan fingerprint density at radius 1 is 1.52 bits per heavy atom. The Morgan fingerprint density at radius 2 is 2.05 bits per heavy atom. The van der Waals surface area contributed by atoms with Gasteiger partial charge in [-0.05, 0) is 12.5 Å². The summed E-state index contributed by atoms with van der Waals surface area (Å²) in [5, 5.41) is 10.2. The summed E-state index contributed by atoms with van der Waals surface area (Å²) < 4.78 is 6.91. The highest BCUT2D eigenvalue weighted by atomic mass is 16.6. The van der Waals surface area contributed by atoms with Crippen LogP contribution in [0.5, 0.6) is 0 Å². The molecule has 4 atom stereocenters. The van der Waals surface area contributed by atoms with Crippen molar-refractivity contribution in [1.82, 2.24) is 0 Å². The lowest BCUT2D eigenvalue weighted by Gasteiger charge is -2.26. The third kappa shape index (κ3) is 3.01. The van der Waals surface area contributed by atoms with Crippen LogP contribution in [0.1, 0.15) is 34.6 Å². The Morgan fingerprint density at radius 3 is 2.43 bits per heavy atom. The van der Waals surface area contributed by atoms with E-state index in [1.165, 1.54) is 7.11 Å². The van der Waals surface area contributed by atoms with Gasteiger partial charge in [0.05, 0.1) is 12.6 Å². The van der Waals surface area contributed by atoms with Crippen LogP contribution in [0.2, 0.25) is 0 Å². The third-order valence-corrected chi connectivity index (χ3v) is 5.02. The van der Waals surface area contributed by atoms with E-state index < -0.39 is 5.79 Å². The number of nitrogens with zero attached hydrogens (tertiary/aromatic N) is 2. The van der Waals surface area contributed by atoms with Gasteiger partial charge in [0.25, 0.3) is 5.84 Å². The van der Waals surface area contributed by atoms with Crippen molar-refractivity contribution in [3.8, 4) is 0 Å². The first-order valence-electron chi connectivity index (χ1n) is 7.27. The molecule has 0 aromatic rings. The van der Waals surface area contributed by atoms with Crippen LogP contribution in [0.4, 0.5) is 0 Å². The first kappa shape index (κ1) is 17.8. The van der Waals surface area contributed by atoms with E-state index in [1.807, 2.05) is 20.8 Å². The van der Waals surface area contributed by atoms with E-state index in [0.29, 0.717) is 0 Å². The molecule has 0 aliphatic heterocycles. The Balaban J connectivity index is 2.89. The predicted molar refractivity (Wildman–Crippen MR) is 88.0 cm³/mol. The monoisotopic (exact) mass is 293 g/mol. The number of methoxy groups -OCH3 is 1. The van der Waals surface area contributed by atoms with Crippen LogP contribution >= 0.6 is 0 Å². The zero-order chi connectivity index (χ0) is 16.6. The molecule has 1 N–H and O–H groups in total. The lowest BCUT2D eigenvalue weighted by atomic mass is 9.79. The maximum Gasteiger partial charge on any atom is 0.289 e. The summed E-state index contributed by atoms with van der Waals surface area (Å²) in [7, 11) is 1.51. The number of rotatable bonds is 6. The van der Waals surface area contributed by atoms with Crippen molar-refractivity contribution < 1.29 is 14.4 Å². The molecule has 1 aliphatic carbocycles. The average molecular weight is 293 g/mol. The Hall–Kier alpha value is -1.26. The van der Waals surface area contributed by atoms with Crippen LogP contribution < -0.4 is 0 Å². The van der Waals surface area contributed by atoms with Crippen molar-refractivity contribution in [2.24, 2.45) is 16.3 Å². The van der Waals surface area contributed by atoms with Crippen molar-refractivity contribution in [3.05, 3.63) is 24.8 Å². The summed E-state index contributed by atoms with van der Waals surface area (Å²) >= 11 is 0. The summed E-state index contributed by atoms with van der Waals surface area (Å²) in [5.41, 5.74) is 0.770. The Labute approximate surface area is 128 Å². The molecule has 1 rings (SSSR count). The highest BCUT2D eigenvalue weighted by Gasteiger charge is 2.68. The molecule has 1 aliphatic rings. The van der Waals surface area contributed by atoms with Gasteiger partial charge >= 0.3 is 0 Å². The van der Waals surface area contributed by atoms with Gasteiger partial charge in [0, 0.05) is 19.4 Å². The first-order valence-corrected chi connectivity index (χ1v) is 7.27. The number of aliphatic hydroxyl groups is 1. The summed E-state index contributed by atoms with van der Waals surface area (Å²) in [6.07, 6.45) is 1.77. The molecule has 4 unspecified atom stereocenters. The molecule has 0 radical (unpaired) electrons. The fourth-order valence-electron chi connectivity index (χ4n) is 2.54. The fourth-order valence-corrected chi connectivity index (χ4v) is 2.54.